The van der Waals surface area contributed by atoms with E-state index in [-0.39, 0.29) is 11.2 Å². The molecule has 0 spiro atoms. The summed E-state index contributed by atoms with van der Waals surface area (Å²) in [7, 11) is 0. The number of allylic oxidation sites excluding steroid dienone is 3. The molecule has 1 nitrogen and oxygen atoms in total. The number of hydrogen-bond donors (Lipinski definition) is 0. The van der Waals surface area contributed by atoms with E-state index in [1.807, 2.05) is 0 Å². The van der Waals surface area contributed by atoms with Gasteiger partial charge in [-0.25, -0.2) is 0 Å². The minimum Gasteiger partial charge on any atom is -0.295 e. The average Bonchev–Trinajstić information content (AvgIpc) is 1.94. The number of ketones is 1. The van der Waals surface area contributed by atoms with Crippen LogP contribution in [0.15, 0.2) is 24.3 Å². The van der Waals surface area contributed by atoms with Crippen LogP contribution in [0.2, 0.25) is 0 Å². The van der Waals surface area contributed by atoms with Crippen LogP contribution in [0.25, 0.3) is 0 Å². The zero-order chi connectivity index (χ0) is 8.48. The Kier molecular flexibility index (Phi) is 1.99. The molecule has 1 rings (SSSR count). The zero-order valence-electron chi connectivity index (χ0n) is 7.18. The Morgan fingerprint density at radius 3 is 2.73 bits per heavy atom. The molecule has 1 heteroatoms. The largest absolute Gasteiger partial charge is 0.295 e. The van der Waals surface area contributed by atoms with Crippen LogP contribution in [0.5, 0.6) is 0 Å². The number of carbonyl (C=O) groups excluding carboxylic acids is 1. The maximum absolute atomic E-state index is 11.0. The number of hydrogen-bond acceptors (Lipinski definition) is 1. The summed E-state index contributed by atoms with van der Waals surface area (Å²) in [6, 6.07) is 0. The molecule has 1 aliphatic rings. The van der Waals surface area contributed by atoms with Crippen LogP contribution in [0, 0.1) is 5.41 Å². The fourth-order valence-corrected chi connectivity index (χ4v) is 1.36. The molecular formula is C10H14O. The Labute approximate surface area is 67.8 Å². The van der Waals surface area contributed by atoms with Gasteiger partial charge in [0.25, 0.3) is 0 Å². The summed E-state index contributed by atoms with van der Waals surface area (Å²) in [5, 5.41) is 0. The second kappa shape index (κ2) is 2.65. The van der Waals surface area contributed by atoms with Gasteiger partial charge in [0.15, 0.2) is 5.78 Å². The van der Waals surface area contributed by atoms with Gasteiger partial charge in [-0.3, -0.25) is 4.79 Å². The van der Waals surface area contributed by atoms with E-state index in [9.17, 15) is 4.79 Å². The van der Waals surface area contributed by atoms with E-state index in [1.165, 1.54) is 0 Å². The van der Waals surface area contributed by atoms with Gasteiger partial charge in [-0.1, -0.05) is 26.5 Å². The van der Waals surface area contributed by atoms with Crippen molar-refractivity contribution in [1.82, 2.24) is 0 Å². The van der Waals surface area contributed by atoms with Crippen molar-refractivity contribution in [1.29, 1.82) is 0 Å². The number of carbonyl (C=O) groups is 1. The Morgan fingerprint density at radius 2 is 2.27 bits per heavy atom. The second-order valence-corrected chi connectivity index (χ2v) is 3.65. The van der Waals surface area contributed by atoms with E-state index >= 15 is 0 Å². The lowest BCUT2D eigenvalue weighted by atomic mass is 9.75. The summed E-state index contributed by atoms with van der Waals surface area (Å²) in [5.74, 6) is 0.235. The molecule has 0 unspecified atom stereocenters. The summed E-state index contributed by atoms with van der Waals surface area (Å²) in [5.41, 5.74) is 1.23. The van der Waals surface area contributed by atoms with Crippen LogP contribution in [0.3, 0.4) is 0 Å². The van der Waals surface area contributed by atoms with Crippen molar-refractivity contribution in [3.05, 3.63) is 24.3 Å². The van der Waals surface area contributed by atoms with Gasteiger partial charge in [0, 0.05) is 6.42 Å². The van der Waals surface area contributed by atoms with Gasteiger partial charge in [0.05, 0.1) is 0 Å². The van der Waals surface area contributed by atoms with Crippen LogP contribution in [0.4, 0.5) is 0 Å². The van der Waals surface area contributed by atoms with Gasteiger partial charge in [-0.05, 0) is 23.5 Å². The van der Waals surface area contributed by atoms with Gasteiger partial charge in [-0.2, -0.15) is 0 Å². The lowest BCUT2D eigenvalue weighted by Crippen LogP contribution is -2.20. The molecule has 0 bridgehead atoms. The molecule has 0 aromatic rings. The van der Waals surface area contributed by atoms with Gasteiger partial charge in [-0.15, -0.1) is 0 Å². The maximum Gasteiger partial charge on any atom is 0.156 e. The lowest BCUT2D eigenvalue weighted by Gasteiger charge is -2.28. The highest BCUT2D eigenvalue weighted by Crippen LogP contribution is 2.35. The fourth-order valence-electron chi connectivity index (χ4n) is 1.36. The van der Waals surface area contributed by atoms with E-state index in [2.05, 4.69) is 20.4 Å². The molecule has 0 saturated heterocycles. The van der Waals surface area contributed by atoms with Crippen molar-refractivity contribution >= 4 is 5.78 Å². The molecule has 0 fully saturated rings. The van der Waals surface area contributed by atoms with Crippen molar-refractivity contribution in [3.63, 3.8) is 0 Å². The van der Waals surface area contributed by atoms with E-state index in [4.69, 9.17) is 0 Å². The van der Waals surface area contributed by atoms with Crippen molar-refractivity contribution < 1.29 is 4.79 Å². The third-order valence-electron chi connectivity index (χ3n) is 2.31. The third-order valence-corrected chi connectivity index (χ3v) is 2.31. The van der Waals surface area contributed by atoms with Gasteiger partial charge in [0.1, 0.15) is 0 Å². The number of rotatable bonds is 1. The zero-order valence-corrected chi connectivity index (χ0v) is 7.18. The summed E-state index contributed by atoms with van der Waals surface area (Å²) >= 11 is 0. The minimum absolute atomic E-state index is 0.148. The molecule has 0 N–H and O–H groups in total. The highest BCUT2D eigenvalue weighted by atomic mass is 16.1. The smallest absolute Gasteiger partial charge is 0.156 e. The molecule has 0 radical (unpaired) electrons. The molecule has 0 aliphatic heterocycles. The van der Waals surface area contributed by atoms with Crippen LogP contribution < -0.4 is 0 Å². The predicted octanol–water partition coefficient (Wildman–Crippen LogP) is 2.49. The highest BCUT2D eigenvalue weighted by Gasteiger charge is 2.26. The normalized spacial score (nSPS) is 22.7. The van der Waals surface area contributed by atoms with Crippen LogP contribution in [0.1, 0.15) is 26.7 Å². The van der Waals surface area contributed by atoms with E-state index in [0.29, 0.717) is 6.42 Å². The van der Waals surface area contributed by atoms with Crippen molar-refractivity contribution in [2.24, 2.45) is 5.41 Å². The first-order chi connectivity index (χ1) is 5.06. The SMILES string of the molecule is C=CC1=CC(=O)CCC1(C)C. The van der Waals surface area contributed by atoms with Crippen molar-refractivity contribution in [2.45, 2.75) is 26.7 Å². The molecule has 60 valence electrons. The van der Waals surface area contributed by atoms with Gasteiger partial charge >= 0.3 is 0 Å². The summed E-state index contributed by atoms with van der Waals surface area (Å²) in [6.07, 6.45) is 5.14. The Balaban J connectivity index is 2.97. The standard InChI is InChI=1S/C10H14O/c1-4-8-7-9(11)5-6-10(8,2)3/h4,7H,1,5-6H2,2-3H3. The van der Waals surface area contributed by atoms with E-state index < -0.39 is 0 Å². The molecule has 0 amide bonds. The maximum atomic E-state index is 11.0. The fraction of sp³-hybridized carbons (Fsp3) is 0.500. The molecule has 11 heavy (non-hydrogen) atoms. The van der Waals surface area contributed by atoms with E-state index in [0.717, 1.165) is 12.0 Å². The molecule has 0 atom stereocenters. The van der Waals surface area contributed by atoms with Crippen molar-refractivity contribution in [2.75, 3.05) is 0 Å². The topological polar surface area (TPSA) is 17.1 Å². The monoisotopic (exact) mass is 150 g/mol. The van der Waals surface area contributed by atoms with Crippen LogP contribution in [-0.2, 0) is 4.79 Å². The Hall–Kier alpha value is -0.850. The van der Waals surface area contributed by atoms with Gasteiger partial charge in [0.2, 0.25) is 0 Å². The first-order valence-electron chi connectivity index (χ1n) is 3.94. The molecule has 0 aromatic heterocycles. The lowest BCUT2D eigenvalue weighted by molar-refractivity contribution is -0.115. The Morgan fingerprint density at radius 1 is 1.64 bits per heavy atom. The summed E-state index contributed by atoms with van der Waals surface area (Å²) in [6.45, 7) is 7.99. The molecule has 1 aliphatic carbocycles. The summed E-state index contributed by atoms with van der Waals surface area (Å²) < 4.78 is 0. The first kappa shape index (κ1) is 8.25. The van der Waals surface area contributed by atoms with Crippen molar-refractivity contribution in [3.8, 4) is 0 Å². The predicted molar refractivity (Wildman–Crippen MR) is 46.3 cm³/mol. The van der Waals surface area contributed by atoms with Gasteiger partial charge < -0.3 is 0 Å². The quantitative estimate of drug-likeness (QED) is 0.561. The Bertz CT molecular complexity index is 221. The highest BCUT2D eigenvalue weighted by molar-refractivity contribution is 5.92. The summed E-state index contributed by atoms with van der Waals surface area (Å²) in [4.78, 5) is 11.0. The van der Waals surface area contributed by atoms with Crippen LogP contribution in [-0.4, -0.2) is 5.78 Å². The first-order valence-corrected chi connectivity index (χ1v) is 3.94. The molecule has 0 heterocycles. The average molecular weight is 150 g/mol. The molecule has 0 aromatic carbocycles. The third kappa shape index (κ3) is 1.59. The molecule has 0 saturated carbocycles. The van der Waals surface area contributed by atoms with E-state index in [1.54, 1.807) is 12.2 Å². The van der Waals surface area contributed by atoms with Crippen LogP contribution >= 0.6 is 0 Å². The molecular weight excluding hydrogens is 136 g/mol. The second-order valence-electron chi connectivity index (χ2n) is 3.65. The minimum atomic E-state index is 0.148.